The van der Waals surface area contributed by atoms with E-state index < -0.39 is 5.97 Å². The van der Waals surface area contributed by atoms with E-state index in [-0.39, 0.29) is 29.8 Å². The van der Waals surface area contributed by atoms with Crippen molar-refractivity contribution >= 4 is 12.0 Å². The average Bonchev–Trinajstić information content (AvgIpc) is 3.02. The molecular formula is C21H22O7. The van der Waals surface area contributed by atoms with Gasteiger partial charge in [0.15, 0.2) is 23.0 Å². The SMILES string of the molecule is COc1cc(CC2COC(=O)C2=Cc2cc(O)c(OC)c(OC)c2)ccc1O. The monoisotopic (exact) mass is 386 g/mol. The second-order valence-corrected chi connectivity index (χ2v) is 6.38. The van der Waals surface area contributed by atoms with Gasteiger partial charge in [0, 0.05) is 11.5 Å². The fourth-order valence-corrected chi connectivity index (χ4v) is 3.22. The van der Waals surface area contributed by atoms with Crippen LogP contribution in [0.1, 0.15) is 11.1 Å². The summed E-state index contributed by atoms with van der Waals surface area (Å²) in [6.07, 6.45) is 2.22. The lowest BCUT2D eigenvalue weighted by atomic mass is 9.92. The molecule has 0 aliphatic carbocycles. The summed E-state index contributed by atoms with van der Waals surface area (Å²) in [5, 5.41) is 19.9. The molecule has 3 rings (SSSR count). The number of aromatic hydroxyl groups is 2. The molecule has 0 aromatic heterocycles. The fraction of sp³-hybridized carbons (Fsp3) is 0.286. The number of carbonyl (C=O) groups is 1. The van der Waals surface area contributed by atoms with Gasteiger partial charge in [-0.25, -0.2) is 4.79 Å². The number of phenols is 2. The first kappa shape index (κ1) is 19.4. The molecule has 2 aromatic rings. The number of benzene rings is 2. The van der Waals surface area contributed by atoms with Crippen molar-refractivity contribution in [3.05, 3.63) is 47.0 Å². The van der Waals surface area contributed by atoms with E-state index in [0.29, 0.717) is 29.1 Å². The van der Waals surface area contributed by atoms with Crippen LogP contribution in [0.3, 0.4) is 0 Å². The predicted octanol–water partition coefficient (Wildman–Crippen LogP) is 2.92. The van der Waals surface area contributed by atoms with Gasteiger partial charge in [-0.15, -0.1) is 0 Å². The van der Waals surface area contributed by atoms with Gasteiger partial charge >= 0.3 is 5.97 Å². The van der Waals surface area contributed by atoms with Crippen LogP contribution in [0.5, 0.6) is 28.7 Å². The Kier molecular flexibility index (Phi) is 5.63. The molecule has 0 saturated carbocycles. The molecule has 1 unspecified atom stereocenters. The molecule has 0 radical (unpaired) electrons. The van der Waals surface area contributed by atoms with Crippen molar-refractivity contribution in [3.8, 4) is 28.7 Å². The lowest BCUT2D eigenvalue weighted by Gasteiger charge is -2.12. The summed E-state index contributed by atoms with van der Waals surface area (Å²) in [5.74, 6) is 0.369. The topological polar surface area (TPSA) is 94.5 Å². The number of rotatable bonds is 6. The Morgan fingerprint density at radius 1 is 1.04 bits per heavy atom. The maximum absolute atomic E-state index is 12.2. The summed E-state index contributed by atoms with van der Waals surface area (Å²) >= 11 is 0. The van der Waals surface area contributed by atoms with Crippen molar-refractivity contribution < 1.29 is 34.0 Å². The summed E-state index contributed by atoms with van der Waals surface area (Å²) in [4.78, 5) is 12.2. The van der Waals surface area contributed by atoms with Crippen molar-refractivity contribution in [2.45, 2.75) is 6.42 Å². The van der Waals surface area contributed by atoms with E-state index >= 15 is 0 Å². The zero-order chi connectivity index (χ0) is 20.3. The molecule has 0 spiro atoms. The minimum absolute atomic E-state index is 0.0570. The number of cyclic esters (lactones) is 1. The van der Waals surface area contributed by atoms with Gasteiger partial charge in [0.1, 0.15) is 0 Å². The number of carbonyl (C=O) groups excluding carboxylic acids is 1. The van der Waals surface area contributed by atoms with E-state index in [1.54, 1.807) is 30.3 Å². The van der Waals surface area contributed by atoms with Crippen molar-refractivity contribution in [2.75, 3.05) is 27.9 Å². The minimum atomic E-state index is -0.398. The molecule has 2 aromatic carbocycles. The number of esters is 1. The Bertz CT molecular complexity index is 917. The van der Waals surface area contributed by atoms with Gasteiger partial charge in [-0.2, -0.15) is 0 Å². The molecule has 0 bridgehead atoms. The maximum Gasteiger partial charge on any atom is 0.334 e. The van der Waals surface area contributed by atoms with Crippen LogP contribution in [-0.4, -0.2) is 44.1 Å². The highest BCUT2D eigenvalue weighted by Gasteiger charge is 2.31. The first-order valence-electron chi connectivity index (χ1n) is 8.66. The van der Waals surface area contributed by atoms with E-state index in [1.807, 2.05) is 0 Å². The predicted molar refractivity (Wildman–Crippen MR) is 102 cm³/mol. The Morgan fingerprint density at radius 3 is 2.46 bits per heavy atom. The van der Waals surface area contributed by atoms with Gasteiger partial charge in [-0.1, -0.05) is 6.07 Å². The average molecular weight is 386 g/mol. The van der Waals surface area contributed by atoms with E-state index in [1.165, 1.54) is 27.4 Å². The molecule has 1 aliphatic rings. The van der Waals surface area contributed by atoms with Gasteiger partial charge in [0.05, 0.1) is 27.9 Å². The number of phenolic OH excluding ortho intramolecular Hbond substituents is 2. The van der Waals surface area contributed by atoms with Crippen LogP contribution >= 0.6 is 0 Å². The summed E-state index contributed by atoms with van der Waals surface area (Å²) in [6.45, 7) is 0.257. The van der Waals surface area contributed by atoms with Crippen LogP contribution in [0.15, 0.2) is 35.9 Å². The number of hydrogen-bond acceptors (Lipinski definition) is 7. The van der Waals surface area contributed by atoms with Crippen LogP contribution in [0.4, 0.5) is 0 Å². The molecular weight excluding hydrogens is 364 g/mol. The Hall–Kier alpha value is -3.35. The molecule has 28 heavy (non-hydrogen) atoms. The Morgan fingerprint density at radius 2 is 1.79 bits per heavy atom. The molecule has 7 heteroatoms. The van der Waals surface area contributed by atoms with Gasteiger partial charge < -0.3 is 29.2 Å². The summed E-state index contributed by atoms with van der Waals surface area (Å²) in [7, 11) is 4.39. The summed E-state index contributed by atoms with van der Waals surface area (Å²) in [6, 6.07) is 8.25. The van der Waals surface area contributed by atoms with Gasteiger partial charge in [-0.05, 0) is 47.9 Å². The normalized spacial score (nSPS) is 17.5. The molecule has 1 atom stereocenters. The quantitative estimate of drug-likeness (QED) is 0.582. The van der Waals surface area contributed by atoms with Gasteiger partial charge in [0.2, 0.25) is 5.75 Å². The van der Waals surface area contributed by atoms with Gasteiger partial charge in [-0.3, -0.25) is 0 Å². The van der Waals surface area contributed by atoms with Crippen LogP contribution in [0.25, 0.3) is 6.08 Å². The summed E-state index contributed by atoms with van der Waals surface area (Å²) < 4.78 is 20.7. The van der Waals surface area contributed by atoms with E-state index in [9.17, 15) is 15.0 Å². The molecule has 1 saturated heterocycles. The maximum atomic E-state index is 12.2. The highest BCUT2D eigenvalue weighted by molar-refractivity contribution is 5.96. The Balaban J connectivity index is 1.91. The zero-order valence-electron chi connectivity index (χ0n) is 15.9. The van der Waals surface area contributed by atoms with Crippen molar-refractivity contribution in [3.63, 3.8) is 0 Å². The van der Waals surface area contributed by atoms with Crippen LogP contribution in [0.2, 0.25) is 0 Å². The highest BCUT2D eigenvalue weighted by atomic mass is 16.5. The molecule has 7 nitrogen and oxygen atoms in total. The highest BCUT2D eigenvalue weighted by Crippen LogP contribution is 2.39. The van der Waals surface area contributed by atoms with Crippen LogP contribution in [-0.2, 0) is 16.0 Å². The van der Waals surface area contributed by atoms with Crippen molar-refractivity contribution in [2.24, 2.45) is 5.92 Å². The second kappa shape index (κ2) is 8.12. The van der Waals surface area contributed by atoms with E-state index in [4.69, 9.17) is 18.9 Å². The van der Waals surface area contributed by atoms with E-state index in [0.717, 1.165) is 5.56 Å². The molecule has 1 aliphatic heterocycles. The molecule has 0 amide bonds. The minimum Gasteiger partial charge on any atom is -0.504 e. The van der Waals surface area contributed by atoms with Crippen molar-refractivity contribution in [1.82, 2.24) is 0 Å². The fourth-order valence-electron chi connectivity index (χ4n) is 3.22. The zero-order valence-corrected chi connectivity index (χ0v) is 15.9. The summed E-state index contributed by atoms with van der Waals surface area (Å²) in [5.41, 5.74) is 2.00. The third-order valence-corrected chi connectivity index (χ3v) is 4.62. The first-order chi connectivity index (χ1) is 13.5. The molecule has 1 fully saturated rings. The van der Waals surface area contributed by atoms with E-state index in [2.05, 4.69) is 0 Å². The lowest BCUT2D eigenvalue weighted by Crippen LogP contribution is -2.07. The number of hydrogen-bond donors (Lipinski definition) is 2. The number of ether oxygens (including phenoxy) is 4. The van der Waals surface area contributed by atoms with Crippen LogP contribution < -0.4 is 14.2 Å². The third kappa shape index (κ3) is 3.83. The number of methoxy groups -OCH3 is 3. The third-order valence-electron chi connectivity index (χ3n) is 4.62. The standard InChI is InChI=1S/C21H22O7/c1-25-18-9-12(4-5-16(18)22)6-14-11-28-21(24)15(14)7-13-8-17(23)20(27-3)19(10-13)26-2/h4-5,7-10,14,22-23H,6,11H2,1-3H3. The first-order valence-corrected chi connectivity index (χ1v) is 8.66. The van der Waals surface area contributed by atoms with Gasteiger partial charge in [0.25, 0.3) is 0 Å². The lowest BCUT2D eigenvalue weighted by molar-refractivity contribution is -0.135. The Labute approximate surface area is 162 Å². The molecule has 1 heterocycles. The van der Waals surface area contributed by atoms with Crippen molar-refractivity contribution in [1.29, 1.82) is 0 Å². The smallest absolute Gasteiger partial charge is 0.334 e. The largest absolute Gasteiger partial charge is 0.504 e. The van der Waals surface area contributed by atoms with Crippen LogP contribution in [0, 0.1) is 5.92 Å². The molecule has 2 N–H and O–H groups in total. The molecule has 148 valence electrons. The second-order valence-electron chi connectivity index (χ2n) is 6.38.